The summed E-state index contributed by atoms with van der Waals surface area (Å²) in [5, 5.41) is 5.42. The third-order valence-electron chi connectivity index (χ3n) is 3.19. The number of nitrogens with one attached hydrogen (secondary N) is 2. The van der Waals surface area contributed by atoms with Gasteiger partial charge in [0, 0.05) is 18.3 Å². The van der Waals surface area contributed by atoms with E-state index in [0.717, 1.165) is 0 Å². The second kappa shape index (κ2) is 8.01. The molecule has 24 heavy (non-hydrogen) atoms. The minimum absolute atomic E-state index is 0.175. The summed E-state index contributed by atoms with van der Waals surface area (Å²) < 4.78 is 10.9. The fraction of sp³-hybridized carbons (Fsp3) is 0.222. The molecule has 6 nitrogen and oxygen atoms in total. The maximum absolute atomic E-state index is 12.3. The zero-order valence-corrected chi connectivity index (χ0v) is 13.8. The largest absolute Gasteiger partial charge is 0.493 e. The summed E-state index contributed by atoms with van der Waals surface area (Å²) in [5.74, 6) is 0.576. The summed E-state index contributed by atoms with van der Waals surface area (Å²) in [6, 6.07) is 14.0. The molecule has 0 aliphatic carbocycles. The van der Waals surface area contributed by atoms with Gasteiger partial charge in [-0.2, -0.15) is 0 Å². The molecule has 2 aromatic rings. The molecule has 0 radical (unpaired) electrons. The quantitative estimate of drug-likeness (QED) is 0.854. The lowest BCUT2D eigenvalue weighted by molar-refractivity contribution is -0.122. The first-order valence-electron chi connectivity index (χ1n) is 7.48. The van der Waals surface area contributed by atoms with Crippen LogP contribution in [0.15, 0.2) is 48.5 Å². The molecule has 0 bridgehead atoms. The van der Waals surface area contributed by atoms with Crippen molar-refractivity contribution in [2.45, 2.75) is 20.0 Å². The van der Waals surface area contributed by atoms with Gasteiger partial charge in [0.15, 0.2) is 17.6 Å². The Balaban J connectivity index is 2.02. The third-order valence-corrected chi connectivity index (χ3v) is 3.19. The van der Waals surface area contributed by atoms with E-state index in [4.69, 9.17) is 9.47 Å². The number of ether oxygens (including phenoxy) is 2. The Morgan fingerprint density at radius 2 is 1.58 bits per heavy atom. The van der Waals surface area contributed by atoms with E-state index in [2.05, 4.69) is 10.6 Å². The Morgan fingerprint density at radius 3 is 2.21 bits per heavy atom. The summed E-state index contributed by atoms with van der Waals surface area (Å²) in [6.45, 7) is 3.08. The number of methoxy groups -OCH3 is 1. The summed E-state index contributed by atoms with van der Waals surface area (Å²) in [7, 11) is 1.54. The summed E-state index contributed by atoms with van der Waals surface area (Å²) in [5.41, 5.74) is 1.18. The molecule has 2 aromatic carbocycles. The van der Waals surface area contributed by atoms with Gasteiger partial charge in [0.05, 0.1) is 7.11 Å². The van der Waals surface area contributed by atoms with Crippen molar-refractivity contribution in [3.63, 3.8) is 0 Å². The monoisotopic (exact) mass is 328 g/mol. The van der Waals surface area contributed by atoms with Crippen LogP contribution in [0.25, 0.3) is 0 Å². The number of benzene rings is 2. The summed E-state index contributed by atoms with van der Waals surface area (Å²) in [6.07, 6.45) is -0.717. The van der Waals surface area contributed by atoms with Gasteiger partial charge in [0.2, 0.25) is 5.91 Å². The lowest BCUT2D eigenvalue weighted by atomic mass is 10.2. The van der Waals surface area contributed by atoms with Crippen molar-refractivity contribution >= 4 is 23.2 Å². The number of anilines is 2. The highest BCUT2D eigenvalue weighted by Crippen LogP contribution is 2.27. The molecule has 0 aromatic heterocycles. The topological polar surface area (TPSA) is 76.7 Å². The van der Waals surface area contributed by atoms with Crippen LogP contribution >= 0.6 is 0 Å². The highest BCUT2D eigenvalue weighted by molar-refractivity contribution is 5.95. The maximum atomic E-state index is 12.3. The van der Waals surface area contributed by atoms with E-state index in [1.807, 2.05) is 6.07 Å². The van der Waals surface area contributed by atoms with Gasteiger partial charge in [0.1, 0.15) is 0 Å². The predicted molar refractivity (Wildman–Crippen MR) is 92.5 cm³/mol. The molecule has 0 aliphatic heterocycles. The normalized spacial score (nSPS) is 11.3. The maximum Gasteiger partial charge on any atom is 0.265 e. The van der Waals surface area contributed by atoms with Gasteiger partial charge < -0.3 is 20.1 Å². The molecular weight excluding hydrogens is 308 g/mol. The number of amides is 2. The van der Waals surface area contributed by atoms with Crippen LogP contribution in [0.4, 0.5) is 11.4 Å². The zero-order chi connectivity index (χ0) is 17.5. The summed E-state index contributed by atoms with van der Waals surface area (Å²) in [4.78, 5) is 23.4. The van der Waals surface area contributed by atoms with Crippen LogP contribution in [0.3, 0.4) is 0 Å². The van der Waals surface area contributed by atoms with E-state index in [9.17, 15) is 9.59 Å². The van der Waals surface area contributed by atoms with Crippen molar-refractivity contribution in [3.05, 3.63) is 48.5 Å². The molecule has 2 amide bonds. The first-order chi connectivity index (χ1) is 11.5. The molecule has 6 heteroatoms. The van der Waals surface area contributed by atoms with Crippen LogP contribution < -0.4 is 20.1 Å². The Morgan fingerprint density at radius 1 is 0.958 bits per heavy atom. The fourth-order valence-corrected chi connectivity index (χ4v) is 2.08. The molecule has 2 rings (SSSR count). The molecule has 0 saturated carbocycles. The Labute approximate surface area is 140 Å². The van der Waals surface area contributed by atoms with E-state index in [0.29, 0.717) is 22.9 Å². The van der Waals surface area contributed by atoms with Crippen LogP contribution in [-0.4, -0.2) is 25.0 Å². The van der Waals surface area contributed by atoms with Crippen molar-refractivity contribution < 1.29 is 19.1 Å². The molecule has 0 aliphatic rings. The SMILES string of the molecule is COc1ccccc1OC(C)C(=O)Nc1cccc(NC(C)=O)c1. The molecule has 0 saturated heterocycles. The van der Waals surface area contributed by atoms with Gasteiger partial charge in [-0.3, -0.25) is 9.59 Å². The molecule has 2 N–H and O–H groups in total. The predicted octanol–water partition coefficient (Wildman–Crippen LogP) is 3.06. The average molecular weight is 328 g/mol. The van der Waals surface area contributed by atoms with E-state index in [1.54, 1.807) is 56.5 Å². The van der Waals surface area contributed by atoms with E-state index >= 15 is 0 Å². The van der Waals surface area contributed by atoms with Crippen molar-refractivity contribution in [1.29, 1.82) is 0 Å². The van der Waals surface area contributed by atoms with Crippen molar-refractivity contribution in [2.24, 2.45) is 0 Å². The summed E-state index contributed by atoms with van der Waals surface area (Å²) >= 11 is 0. The third kappa shape index (κ3) is 4.74. The lowest BCUT2D eigenvalue weighted by Gasteiger charge is -2.17. The molecule has 0 spiro atoms. The van der Waals surface area contributed by atoms with Crippen molar-refractivity contribution in [3.8, 4) is 11.5 Å². The molecule has 0 fully saturated rings. The van der Waals surface area contributed by atoms with E-state index in [1.165, 1.54) is 6.92 Å². The van der Waals surface area contributed by atoms with Crippen LogP contribution in [0.2, 0.25) is 0 Å². The second-order valence-corrected chi connectivity index (χ2v) is 5.16. The Kier molecular flexibility index (Phi) is 5.78. The van der Waals surface area contributed by atoms with Gasteiger partial charge in [-0.25, -0.2) is 0 Å². The molecule has 1 unspecified atom stereocenters. The van der Waals surface area contributed by atoms with Crippen LogP contribution in [0, 0.1) is 0 Å². The van der Waals surface area contributed by atoms with E-state index < -0.39 is 6.10 Å². The average Bonchev–Trinajstić information content (AvgIpc) is 2.55. The Bertz CT molecular complexity index is 730. The van der Waals surface area contributed by atoms with Gasteiger partial charge in [-0.1, -0.05) is 18.2 Å². The second-order valence-electron chi connectivity index (χ2n) is 5.16. The Hall–Kier alpha value is -3.02. The number of rotatable bonds is 6. The van der Waals surface area contributed by atoms with Crippen LogP contribution in [0.1, 0.15) is 13.8 Å². The van der Waals surface area contributed by atoms with Gasteiger partial charge in [0.25, 0.3) is 5.91 Å². The van der Waals surface area contributed by atoms with E-state index in [-0.39, 0.29) is 11.8 Å². The first kappa shape index (κ1) is 17.3. The fourth-order valence-electron chi connectivity index (χ4n) is 2.08. The van der Waals surface area contributed by atoms with Crippen molar-refractivity contribution in [2.75, 3.05) is 17.7 Å². The lowest BCUT2D eigenvalue weighted by Crippen LogP contribution is -2.30. The number of hydrogen-bond donors (Lipinski definition) is 2. The molecule has 0 heterocycles. The van der Waals surface area contributed by atoms with Gasteiger partial charge >= 0.3 is 0 Å². The van der Waals surface area contributed by atoms with Crippen LogP contribution in [0.5, 0.6) is 11.5 Å². The highest BCUT2D eigenvalue weighted by atomic mass is 16.5. The van der Waals surface area contributed by atoms with Gasteiger partial charge in [-0.15, -0.1) is 0 Å². The number of carbonyl (C=O) groups excluding carboxylic acids is 2. The standard InChI is InChI=1S/C18H20N2O4/c1-12(24-17-10-5-4-9-16(17)23-3)18(22)20-15-8-6-7-14(11-15)19-13(2)21/h4-12H,1-3H3,(H,19,21)(H,20,22). The first-order valence-corrected chi connectivity index (χ1v) is 7.48. The highest BCUT2D eigenvalue weighted by Gasteiger charge is 2.17. The van der Waals surface area contributed by atoms with Crippen LogP contribution in [-0.2, 0) is 9.59 Å². The number of para-hydroxylation sites is 2. The minimum Gasteiger partial charge on any atom is -0.493 e. The molecule has 126 valence electrons. The van der Waals surface area contributed by atoms with Crippen molar-refractivity contribution in [1.82, 2.24) is 0 Å². The number of carbonyl (C=O) groups is 2. The zero-order valence-electron chi connectivity index (χ0n) is 13.8. The molecule has 1 atom stereocenters. The molecular formula is C18H20N2O4. The number of hydrogen-bond acceptors (Lipinski definition) is 4. The smallest absolute Gasteiger partial charge is 0.265 e. The van der Waals surface area contributed by atoms with Gasteiger partial charge in [-0.05, 0) is 37.3 Å². The minimum atomic E-state index is -0.717.